The molecule has 0 unspecified atom stereocenters. The number of thiazole rings is 1. The van der Waals surface area contributed by atoms with Gasteiger partial charge in [0.1, 0.15) is 0 Å². The molecule has 2 aromatic carbocycles. The van der Waals surface area contributed by atoms with Crippen molar-refractivity contribution < 1.29 is 22.7 Å². The van der Waals surface area contributed by atoms with Crippen LogP contribution in [0.25, 0.3) is 21.2 Å². The highest BCUT2D eigenvalue weighted by atomic mass is 32.1. The minimum Gasteiger partial charge on any atom is -0.387 e. The number of aliphatic hydroxyl groups excluding tert-OH is 1. The molecule has 0 saturated heterocycles. The van der Waals surface area contributed by atoms with Crippen LogP contribution in [-0.2, 0) is 12.6 Å². The molecule has 4 rings (SSSR count). The van der Waals surface area contributed by atoms with E-state index in [0.717, 1.165) is 38.4 Å². The number of nitrogens with zero attached hydrogens (tertiary/aromatic N) is 2. The number of rotatable bonds is 6. The van der Waals surface area contributed by atoms with E-state index in [0.29, 0.717) is 18.4 Å². The molecular weight excluding hydrogens is 442 g/mol. The van der Waals surface area contributed by atoms with E-state index in [1.807, 2.05) is 18.2 Å². The van der Waals surface area contributed by atoms with Crippen molar-refractivity contribution in [2.75, 3.05) is 0 Å². The third-order valence-electron chi connectivity index (χ3n) is 5.20. The maximum absolute atomic E-state index is 13.4. The van der Waals surface area contributed by atoms with Crippen LogP contribution in [-0.4, -0.2) is 21.1 Å². The molecule has 2 atom stereocenters. The lowest BCUT2D eigenvalue weighted by Gasteiger charge is -2.19. The van der Waals surface area contributed by atoms with Crippen molar-refractivity contribution in [3.05, 3.63) is 83.0 Å². The molecule has 0 radical (unpaired) electrons. The number of alkyl halides is 3. The number of aliphatic hydroxyl groups is 1. The Morgan fingerprint density at radius 3 is 2.44 bits per heavy atom. The van der Waals surface area contributed by atoms with Crippen molar-refractivity contribution in [1.82, 2.24) is 9.97 Å². The second-order valence-electron chi connectivity index (χ2n) is 7.45. The highest BCUT2D eigenvalue weighted by molar-refractivity contribution is 7.15. The Kier molecular flexibility index (Phi) is 6.23. The van der Waals surface area contributed by atoms with E-state index in [1.165, 1.54) is 35.7 Å². The molecule has 2 heterocycles. The first-order chi connectivity index (χ1) is 15.2. The molecule has 166 valence electrons. The van der Waals surface area contributed by atoms with Crippen molar-refractivity contribution in [3.63, 3.8) is 0 Å². The zero-order valence-electron chi connectivity index (χ0n) is 16.7. The van der Waals surface area contributed by atoms with Gasteiger partial charge in [0.2, 0.25) is 5.95 Å². The monoisotopic (exact) mass is 461 g/mol. The molecule has 4 nitrogen and oxygen atoms in total. The van der Waals surface area contributed by atoms with Crippen molar-refractivity contribution in [3.8, 4) is 10.4 Å². The van der Waals surface area contributed by atoms with Gasteiger partial charge in [-0.1, -0.05) is 24.3 Å². The molecule has 0 aliphatic heterocycles. The fourth-order valence-electron chi connectivity index (χ4n) is 3.39. The van der Waals surface area contributed by atoms with E-state index in [2.05, 4.69) is 9.97 Å². The van der Waals surface area contributed by atoms with Crippen molar-refractivity contribution >= 4 is 22.1 Å². The summed E-state index contributed by atoms with van der Waals surface area (Å²) in [5, 5.41) is 12.8. The maximum atomic E-state index is 13.4. The first-order valence-electron chi connectivity index (χ1n) is 9.82. The number of nitrogens with two attached hydrogens (primary N) is 1. The van der Waals surface area contributed by atoms with Crippen molar-refractivity contribution in [2.24, 2.45) is 5.73 Å². The van der Waals surface area contributed by atoms with E-state index in [-0.39, 0.29) is 0 Å². The van der Waals surface area contributed by atoms with Gasteiger partial charge >= 0.3 is 6.18 Å². The number of hydrogen-bond donors (Lipinski definition) is 2. The highest BCUT2D eigenvalue weighted by Crippen LogP contribution is 2.32. The maximum Gasteiger partial charge on any atom is 0.416 e. The minimum absolute atomic E-state index is 0.336. The van der Waals surface area contributed by atoms with Crippen LogP contribution in [0.5, 0.6) is 0 Å². The molecule has 9 heteroatoms. The van der Waals surface area contributed by atoms with E-state index >= 15 is 0 Å². The predicted molar refractivity (Wildman–Crippen MR) is 116 cm³/mol. The van der Waals surface area contributed by atoms with Crippen LogP contribution in [0.1, 0.15) is 28.7 Å². The van der Waals surface area contributed by atoms with Crippen LogP contribution in [0, 0.1) is 5.95 Å². The van der Waals surface area contributed by atoms with Gasteiger partial charge in [-0.15, -0.1) is 11.3 Å². The summed E-state index contributed by atoms with van der Waals surface area (Å²) in [5.41, 5.74) is 6.55. The van der Waals surface area contributed by atoms with Crippen LogP contribution in [0.2, 0.25) is 0 Å². The van der Waals surface area contributed by atoms with E-state index in [4.69, 9.17) is 5.73 Å². The quantitative estimate of drug-likeness (QED) is 0.293. The number of benzene rings is 2. The Morgan fingerprint density at radius 2 is 1.72 bits per heavy atom. The number of aryl methyl sites for hydroxylation is 1. The molecular formula is C23H19F4N3OS. The van der Waals surface area contributed by atoms with Crippen molar-refractivity contribution in [2.45, 2.75) is 31.2 Å². The first kappa shape index (κ1) is 22.3. The Balaban J connectivity index is 1.40. The summed E-state index contributed by atoms with van der Waals surface area (Å²) in [5.74, 6) is -0.541. The van der Waals surface area contributed by atoms with Gasteiger partial charge in [0.25, 0.3) is 0 Å². The molecule has 2 aromatic heterocycles. The van der Waals surface area contributed by atoms with Crippen LogP contribution in [0.4, 0.5) is 17.6 Å². The van der Waals surface area contributed by atoms with Gasteiger partial charge in [0, 0.05) is 36.3 Å². The fourth-order valence-corrected chi connectivity index (χ4v) is 4.32. The smallest absolute Gasteiger partial charge is 0.387 e. The highest BCUT2D eigenvalue weighted by Gasteiger charge is 2.30. The molecule has 0 amide bonds. The lowest BCUT2D eigenvalue weighted by molar-refractivity contribution is -0.137. The molecule has 0 saturated carbocycles. The summed E-state index contributed by atoms with van der Waals surface area (Å²) >= 11 is 1.47. The summed E-state index contributed by atoms with van der Waals surface area (Å²) in [7, 11) is 0. The third kappa shape index (κ3) is 4.95. The molecule has 32 heavy (non-hydrogen) atoms. The van der Waals surface area contributed by atoms with Crippen LogP contribution < -0.4 is 5.73 Å². The number of pyridine rings is 1. The zero-order valence-corrected chi connectivity index (χ0v) is 17.5. The molecule has 3 N–H and O–H groups in total. The lowest BCUT2D eigenvalue weighted by Crippen LogP contribution is -2.29. The second kappa shape index (κ2) is 8.93. The van der Waals surface area contributed by atoms with Crippen molar-refractivity contribution in [1.29, 1.82) is 0 Å². The molecule has 4 aromatic rings. The van der Waals surface area contributed by atoms with Gasteiger partial charge < -0.3 is 10.8 Å². The standard InChI is InChI=1S/C23H19F4N3OS/c24-20-10-16-9-14(1-2-15(16)11-29-20)19-12-30-21(32-19)8-7-18(28)22(31)13-3-5-17(6-4-13)23(25,26)27/h1-6,9-12,18,22,31H,7-8,28H2/t18-,22+/m1/s1. The van der Waals surface area contributed by atoms with Crippen LogP contribution in [0.15, 0.2) is 60.9 Å². The summed E-state index contributed by atoms with van der Waals surface area (Å²) in [6, 6.07) is 10.7. The normalized spacial score (nSPS) is 13.9. The van der Waals surface area contributed by atoms with Gasteiger partial charge in [-0.05, 0) is 41.1 Å². The van der Waals surface area contributed by atoms with Gasteiger partial charge in [0.15, 0.2) is 0 Å². The summed E-state index contributed by atoms with van der Waals surface area (Å²) < 4.78 is 51.5. The topological polar surface area (TPSA) is 72.0 Å². The summed E-state index contributed by atoms with van der Waals surface area (Å²) in [6.07, 6.45) is -1.38. The molecule has 0 aliphatic carbocycles. The Labute approximate surface area is 185 Å². The van der Waals surface area contributed by atoms with E-state index in [1.54, 1.807) is 6.20 Å². The van der Waals surface area contributed by atoms with Crippen LogP contribution in [0.3, 0.4) is 0 Å². The van der Waals surface area contributed by atoms with Gasteiger partial charge in [0.05, 0.1) is 21.6 Å². The minimum atomic E-state index is -4.43. The number of fused-ring (bicyclic) bond motifs is 1. The fraction of sp³-hybridized carbons (Fsp3) is 0.217. The number of hydrogen-bond acceptors (Lipinski definition) is 5. The average molecular weight is 461 g/mol. The van der Waals surface area contributed by atoms with E-state index < -0.39 is 29.8 Å². The second-order valence-corrected chi connectivity index (χ2v) is 8.57. The molecule has 0 bridgehead atoms. The molecule has 0 aliphatic rings. The summed E-state index contributed by atoms with van der Waals surface area (Å²) in [6.45, 7) is 0. The Morgan fingerprint density at radius 1 is 0.969 bits per heavy atom. The Hall–Kier alpha value is -2.88. The van der Waals surface area contributed by atoms with Gasteiger partial charge in [-0.25, -0.2) is 9.97 Å². The Bertz CT molecular complexity index is 1220. The van der Waals surface area contributed by atoms with Gasteiger partial charge in [-0.3, -0.25) is 0 Å². The molecule has 0 fully saturated rings. The van der Waals surface area contributed by atoms with Crippen LogP contribution >= 0.6 is 11.3 Å². The van der Waals surface area contributed by atoms with E-state index in [9.17, 15) is 22.7 Å². The van der Waals surface area contributed by atoms with Gasteiger partial charge in [-0.2, -0.15) is 17.6 Å². The first-order valence-corrected chi connectivity index (χ1v) is 10.6. The third-order valence-corrected chi connectivity index (χ3v) is 6.31. The SMILES string of the molecule is N[C@H](CCc1ncc(-c2ccc3cnc(F)cc3c2)s1)[C@@H](O)c1ccc(C(F)(F)F)cc1. The largest absolute Gasteiger partial charge is 0.416 e. The molecule has 0 spiro atoms. The average Bonchev–Trinajstić information content (AvgIpc) is 3.25. The lowest BCUT2D eigenvalue weighted by atomic mass is 9.98. The number of halogens is 4. The predicted octanol–water partition coefficient (Wildman–Crippen LogP) is 5.51. The summed E-state index contributed by atoms with van der Waals surface area (Å²) in [4.78, 5) is 8.96. The zero-order chi connectivity index (χ0) is 22.9. The number of aromatic nitrogens is 2.